The van der Waals surface area contributed by atoms with Crippen LogP contribution in [0.1, 0.15) is 17.2 Å². The monoisotopic (exact) mass is 281 g/mol. The van der Waals surface area contributed by atoms with Gasteiger partial charge < -0.3 is 10.3 Å². The summed E-state index contributed by atoms with van der Waals surface area (Å²) in [6.45, 7) is 3.87. The molecule has 0 bridgehead atoms. The second-order valence-corrected chi connectivity index (χ2v) is 5.56. The van der Waals surface area contributed by atoms with E-state index in [4.69, 9.17) is 4.55 Å². The van der Waals surface area contributed by atoms with Crippen LogP contribution in [0.5, 0.6) is 0 Å². The molecule has 3 N–H and O–H groups in total. The Balaban J connectivity index is 0.000000141. The quantitative estimate of drug-likeness (QED) is 0.684. The predicted molar refractivity (Wildman–Crippen MR) is 70.1 cm³/mol. The summed E-state index contributed by atoms with van der Waals surface area (Å²) in [6.07, 6.45) is 0. The summed E-state index contributed by atoms with van der Waals surface area (Å²) in [4.78, 5) is 7.38. The SMILES string of the molecule is Cc1nc2c([nH]1)CNC2.O=S(=O)(O)c1ccccc1. The molecule has 6 nitrogen and oxygen atoms in total. The lowest BCUT2D eigenvalue weighted by Crippen LogP contribution is -2.02. The van der Waals surface area contributed by atoms with Crippen LogP contribution in [0.15, 0.2) is 35.2 Å². The summed E-state index contributed by atoms with van der Waals surface area (Å²) in [5.74, 6) is 1.03. The molecule has 1 aromatic heterocycles. The Labute approximate surface area is 111 Å². The summed E-state index contributed by atoms with van der Waals surface area (Å²) in [6, 6.07) is 7.42. The Morgan fingerprint density at radius 3 is 2.42 bits per heavy atom. The van der Waals surface area contributed by atoms with Crippen molar-refractivity contribution in [2.75, 3.05) is 0 Å². The van der Waals surface area contributed by atoms with Crippen molar-refractivity contribution in [3.63, 3.8) is 0 Å². The van der Waals surface area contributed by atoms with Crippen LogP contribution in [0.4, 0.5) is 0 Å². The van der Waals surface area contributed by atoms with Gasteiger partial charge in [0.1, 0.15) is 5.82 Å². The molecule has 0 fully saturated rings. The predicted octanol–water partition coefficient (Wildman–Crippen LogP) is 1.25. The molecule has 0 amide bonds. The number of aryl methyl sites for hydroxylation is 1. The molecule has 3 rings (SSSR count). The maximum atomic E-state index is 10.4. The van der Waals surface area contributed by atoms with Crippen LogP contribution in [0.2, 0.25) is 0 Å². The van der Waals surface area contributed by atoms with Gasteiger partial charge in [-0.05, 0) is 19.1 Å². The highest BCUT2D eigenvalue weighted by Gasteiger charge is 2.12. The van der Waals surface area contributed by atoms with E-state index in [9.17, 15) is 8.42 Å². The lowest BCUT2D eigenvalue weighted by molar-refractivity contribution is 0.483. The Morgan fingerprint density at radius 2 is 1.89 bits per heavy atom. The fraction of sp³-hybridized carbons (Fsp3) is 0.250. The van der Waals surface area contributed by atoms with Gasteiger partial charge in [-0.15, -0.1) is 0 Å². The average Bonchev–Trinajstić information content (AvgIpc) is 2.90. The zero-order valence-corrected chi connectivity index (χ0v) is 11.2. The van der Waals surface area contributed by atoms with Crippen molar-refractivity contribution in [2.45, 2.75) is 24.9 Å². The first kappa shape index (κ1) is 13.7. The molecule has 1 aromatic carbocycles. The largest absolute Gasteiger partial charge is 0.345 e. The van der Waals surface area contributed by atoms with Crippen molar-refractivity contribution < 1.29 is 13.0 Å². The van der Waals surface area contributed by atoms with Crippen molar-refractivity contribution in [3.8, 4) is 0 Å². The van der Waals surface area contributed by atoms with Gasteiger partial charge in [0.05, 0.1) is 16.3 Å². The zero-order chi connectivity index (χ0) is 13.9. The smallest absolute Gasteiger partial charge is 0.294 e. The number of hydrogen-bond acceptors (Lipinski definition) is 4. The van der Waals surface area contributed by atoms with Crippen molar-refractivity contribution in [2.24, 2.45) is 0 Å². The molecule has 0 radical (unpaired) electrons. The lowest BCUT2D eigenvalue weighted by atomic mass is 10.4. The zero-order valence-electron chi connectivity index (χ0n) is 10.4. The molecule has 0 saturated carbocycles. The van der Waals surface area contributed by atoms with Crippen LogP contribution < -0.4 is 5.32 Å². The normalized spacial score (nSPS) is 13.6. The number of aromatic nitrogens is 2. The highest BCUT2D eigenvalue weighted by Crippen LogP contribution is 2.10. The number of nitrogens with one attached hydrogen (secondary N) is 2. The topological polar surface area (TPSA) is 95.1 Å². The average molecular weight is 281 g/mol. The summed E-state index contributed by atoms with van der Waals surface area (Å²) in [5.41, 5.74) is 2.44. The molecule has 102 valence electrons. The molecule has 1 aliphatic rings. The summed E-state index contributed by atoms with van der Waals surface area (Å²) in [7, 11) is -4.00. The summed E-state index contributed by atoms with van der Waals surface area (Å²) >= 11 is 0. The first-order valence-electron chi connectivity index (χ1n) is 5.74. The number of imidazole rings is 1. The second kappa shape index (κ2) is 5.52. The van der Waals surface area contributed by atoms with Gasteiger partial charge in [-0.2, -0.15) is 8.42 Å². The number of nitrogens with zero attached hydrogens (tertiary/aromatic N) is 1. The molecule has 2 aromatic rings. The van der Waals surface area contributed by atoms with E-state index in [2.05, 4.69) is 15.3 Å². The van der Waals surface area contributed by atoms with Crippen LogP contribution in [-0.4, -0.2) is 22.9 Å². The van der Waals surface area contributed by atoms with E-state index < -0.39 is 10.1 Å². The molecule has 0 spiro atoms. The first-order chi connectivity index (χ1) is 8.97. The third-order valence-electron chi connectivity index (χ3n) is 2.62. The Bertz CT molecular complexity index is 629. The number of benzene rings is 1. The molecule has 19 heavy (non-hydrogen) atoms. The van der Waals surface area contributed by atoms with Crippen LogP contribution >= 0.6 is 0 Å². The molecule has 0 saturated heterocycles. The number of H-pyrrole nitrogens is 1. The van der Waals surface area contributed by atoms with E-state index in [-0.39, 0.29) is 4.90 Å². The standard InChI is InChI=1S/C6H9N3.C6H6O3S/c1-4-8-5-2-7-3-6(5)9-4;7-10(8,9)6-4-2-1-3-5-6/h7H,2-3H2,1H3,(H,8,9);1-5H,(H,7,8,9). The van der Waals surface area contributed by atoms with Crippen molar-refractivity contribution in [3.05, 3.63) is 47.5 Å². The van der Waals surface area contributed by atoms with E-state index in [1.54, 1.807) is 18.2 Å². The Kier molecular flexibility index (Phi) is 3.98. The fourth-order valence-corrected chi connectivity index (χ4v) is 2.28. The van der Waals surface area contributed by atoms with E-state index in [1.165, 1.54) is 23.5 Å². The molecule has 1 aliphatic heterocycles. The highest BCUT2D eigenvalue weighted by atomic mass is 32.2. The Hall–Kier alpha value is -1.70. The molecule has 7 heteroatoms. The number of aromatic amines is 1. The van der Waals surface area contributed by atoms with Crippen LogP contribution in [0.3, 0.4) is 0 Å². The van der Waals surface area contributed by atoms with Gasteiger partial charge in [0.15, 0.2) is 0 Å². The van der Waals surface area contributed by atoms with E-state index in [0.717, 1.165) is 18.9 Å². The van der Waals surface area contributed by atoms with Gasteiger partial charge in [0.25, 0.3) is 10.1 Å². The number of rotatable bonds is 1. The molecule has 0 aliphatic carbocycles. The van der Waals surface area contributed by atoms with Gasteiger partial charge in [0, 0.05) is 13.1 Å². The minimum Gasteiger partial charge on any atom is -0.345 e. The lowest BCUT2D eigenvalue weighted by Gasteiger charge is -1.92. The van der Waals surface area contributed by atoms with Gasteiger partial charge in [0.2, 0.25) is 0 Å². The number of fused-ring (bicyclic) bond motifs is 1. The maximum Gasteiger partial charge on any atom is 0.294 e. The van der Waals surface area contributed by atoms with Gasteiger partial charge >= 0.3 is 0 Å². The van der Waals surface area contributed by atoms with Crippen molar-refractivity contribution in [1.82, 2.24) is 15.3 Å². The minimum absolute atomic E-state index is 0.0741. The molecular formula is C12H15N3O3S. The minimum atomic E-state index is -4.00. The Morgan fingerprint density at radius 1 is 1.21 bits per heavy atom. The summed E-state index contributed by atoms with van der Waals surface area (Å²) in [5, 5.41) is 3.20. The third kappa shape index (κ3) is 3.63. The number of hydrogen-bond donors (Lipinski definition) is 3. The van der Waals surface area contributed by atoms with E-state index in [0.29, 0.717) is 0 Å². The van der Waals surface area contributed by atoms with Crippen LogP contribution in [-0.2, 0) is 23.2 Å². The fourth-order valence-electron chi connectivity index (χ4n) is 1.78. The third-order valence-corrected chi connectivity index (χ3v) is 3.49. The van der Waals surface area contributed by atoms with Gasteiger partial charge in [-0.25, -0.2) is 4.98 Å². The van der Waals surface area contributed by atoms with Crippen LogP contribution in [0.25, 0.3) is 0 Å². The summed E-state index contributed by atoms with van der Waals surface area (Å²) < 4.78 is 29.2. The van der Waals surface area contributed by atoms with Gasteiger partial charge in [-0.1, -0.05) is 18.2 Å². The molecule has 0 atom stereocenters. The van der Waals surface area contributed by atoms with Crippen LogP contribution in [0, 0.1) is 6.92 Å². The highest BCUT2D eigenvalue weighted by molar-refractivity contribution is 7.85. The maximum absolute atomic E-state index is 10.4. The first-order valence-corrected chi connectivity index (χ1v) is 7.18. The van der Waals surface area contributed by atoms with Crippen molar-refractivity contribution in [1.29, 1.82) is 0 Å². The van der Waals surface area contributed by atoms with Gasteiger partial charge in [-0.3, -0.25) is 4.55 Å². The van der Waals surface area contributed by atoms with E-state index >= 15 is 0 Å². The molecule has 0 unspecified atom stereocenters. The molecular weight excluding hydrogens is 266 g/mol. The second-order valence-electron chi connectivity index (χ2n) is 4.14. The van der Waals surface area contributed by atoms with E-state index in [1.807, 2.05) is 6.92 Å². The molecule has 2 heterocycles. The van der Waals surface area contributed by atoms with Crippen molar-refractivity contribution >= 4 is 10.1 Å².